The van der Waals surface area contributed by atoms with Crippen molar-refractivity contribution >= 4 is 38.0 Å². The van der Waals surface area contributed by atoms with Gasteiger partial charge in [-0.05, 0) is 12.1 Å². The third kappa shape index (κ3) is 1.67. The summed E-state index contributed by atoms with van der Waals surface area (Å²) in [6, 6.07) is 3.33. The third-order valence-corrected chi connectivity index (χ3v) is 1.76. The molecule has 0 N–H and O–H groups in total. The maximum absolute atomic E-state index is 10.7. The van der Waals surface area contributed by atoms with E-state index in [4.69, 9.17) is 11.6 Å². The van der Waals surface area contributed by atoms with Gasteiger partial charge in [-0.3, -0.25) is 9.78 Å². The van der Waals surface area contributed by atoms with Crippen LogP contribution in [-0.2, 0) is 0 Å². The largest absolute Gasteiger partial charge is 0.280 e. The van der Waals surface area contributed by atoms with Gasteiger partial charge in [-0.1, -0.05) is 11.6 Å². The van der Waals surface area contributed by atoms with Crippen LogP contribution in [0.15, 0.2) is 18.3 Å². The Labute approximate surface area is 76.7 Å². The van der Waals surface area contributed by atoms with Gasteiger partial charge in [-0.25, -0.2) is 0 Å². The minimum atomic E-state index is -0.136. The highest BCUT2D eigenvalue weighted by molar-refractivity contribution is 14.1. The molecule has 0 unspecified atom stereocenters. The first kappa shape index (κ1) is 7.94. The third-order valence-electron chi connectivity index (χ3n) is 0.945. The van der Waals surface area contributed by atoms with E-state index in [1.807, 2.05) is 0 Å². The normalized spacial score (nSPS) is 9.40. The Bertz CT molecular complexity index is 264. The average Bonchev–Trinajstić information content (AvgIpc) is 1.88. The van der Waals surface area contributed by atoms with Crippen molar-refractivity contribution in [1.82, 2.24) is 4.98 Å². The Kier molecular flexibility index (Phi) is 2.62. The van der Waals surface area contributed by atoms with Crippen molar-refractivity contribution in [2.45, 2.75) is 0 Å². The maximum Gasteiger partial charge on any atom is 0.242 e. The van der Waals surface area contributed by atoms with E-state index in [2.05, 4.69) is 4.98 Å². The van der Waals surface area contributed by atoms with Crippen molar-refractivity contribution in [2.24, 2.45) is 0 Å². The molecule has 0 bridgehead atoms. The molecule has 0 radical (unpaired) electrons. The van der Waals surface area contributed by atoms with Gasteiger partial charge in [0, 0.05) is 28.8 Å². The second kappa shape index (κ2) is 3.30. The number of rotatable bonds is 1. The van der Waals surface area contributed by atoms with Crippen molar-refractivity contribution in [1.29, 1.82) is 0 Å². The molecular weight excluding hydrogens is 264 g/mol. The summed E-state index contributed by atoms with van der Waals surface area (Å²) < 4.78 is -0.136. The summed E-state index contributed by atoms with van der Waals surface area (Å²) in [5.41, 5.74) is 0.324. The first-order chi connectivity index (χ1) is 4.72. The molecule has 0 saturated heterocycles. The average molecular weight is 267 g/mol. The molecule has 0 aliphatic rings. The highest BCUT2D eigenvalue weighted by Gasteiger charge is 2.05. The maximum atomic E-state index is 10.7. The zero-order valence-corrected chi connectivity index (χ0v) is 7.76. The number of aromatic nitrogens is 1. The summed E-state index contributed by atoms with van der Waals surface area (Å²) >= 11 is 7.28. The lowest BCUT2D eigenvalue weighted by Crippen LogP contribution is -1.92. The first-order valence-corrected chi connectivity index (χ1v) is 3.98. The van der Waals surface area contributed by atoms with Gasteiger partial charge in [0.15, 0.2) is 0 Å². The first-order valence-electron chi connectivity index (χ1n) is 2.52. The SMILES string of the molecule is O=C(I)c1ncccc1Cl. The number of nitrogens with zero attached hydrogens (tertiary/aromatic N) is 1. The summed E-state index contributed by atoms with van der Waals surface area (Å²) in [6.07, 6.45) is 1.54. The van der Waals surface area contributed by atoms with Crippen LogP contribution in [0, 0.1) is 0 Å². The number of hydrogen-bond donors (Lipinski definition) is 0. The lowest BCUT2D eigenvalue weighted by atomic mass is 10.4. The smallest absolute Gasteiger partial charge is 0.242 e. The summed E-state index contributed by atoms with van der Waals surface area (Å²) in [5.74, 6) is 0. The summed E-state index contributed by atoms with van der Waals surface area (Å²) in [7, 11) is 0. The van der Waals surface area contributed by atoms with Gasteiger partial charge in [-0.2, -0.15) is 0 Å². The van der Waals surface area contributed by atoms with Crippen LogP contribution in [0.2, 0.25) is 5.02 Å². The molecule has 0 aromatic carbocycles. The Morgan fingerprint density at radius 3 is 2.80 bits per heavy atom. The monoisotopic (exact) mass is 267 g/mol. The van der Waals surface area contributed by atoms with E-state index in [1.54, 1.807) is 34.7 Å². The number of pyridine rings is 1. The lowest BCUT2D eigenvalue weighted by molar-refractivity contribution is 0.110. The van der Waals surface area contributed by atoms with Gasteiger partial charge in [0.1, 0.15) is 5.69 Å². The molecule has 2 nitrogen and oxygen atoms in total. The van der Waals surface area contributed by atoms with Crippen LogP contribution in [-0.4, -0.2) is 8.77 Å². The van der Waals surface area contributed by atoms with Crippen LogP contribution in [0.5, 0.6) is 0 Å². The van der Waals surface area contributed by atoms with Crippen molar-refractivity contribution in [3.05, 3.63) is 29.0 Å². The molecule has 1 aromatic heterocycles. The molecule has 0 fully saturated rings. The number of hydrogen-bond acceptors (Lipinski definition) is 2. The lowest BCUT2D eigenvalue weighted by Gasteiger charge is -1.93. The van der Waals surface area contributed by atoms with E-state index in [0.29, 0.717) is 10.7 Å². The molecule has 0 amide bonds. The Balaban J connectivity index is 3.15. The summed E-state index contributed by atoms with van der Waals surface area (Å²) in [6.45, 7) is 0. The molecular formula is C6H3ClINO. The van der Waals surface area contributed by atoms with Gasteiger partial charge in [0.05, 0.1) is 5.02 Å². The molecule has 10 heavy (non-hydrogen) atoms. The zero-order chi connectivity index (χ0) is 7.56. The molecule has 52 valence electrons. The second-order valence-corrected chi connectivity index (χ2v) is 2.99. The highest BCUT2D eigenvalue weighted by atomic mass is 127. The van der Waals surface area contributed by atoms with Gasteiger partial charge < -0.3 is 0 Å². The van der Waals surface area contributed by atoms with Crippen molar-refractivity contribution in [3.63, 3.8) is 0 Å². The fraction of sp³-hybridized carbons (Fsp3) is 0. The molecule has 0 saturated carbocycles. The van der Waals surface area contributed by atoms with E-state index in [-0.39, 0.29) is 3.79 Å². The van der Waals surface area contributed by atoms with Crippen LogP contribution in [0.3, 0.4) is 0 Å². The molecule has 4 heteroatoms. The fourth-order valence-electron chi connectivity index (χ4n) is 0.530. The highest BCUT2D eigenvalue weighted by Crippen LogP contribution is 2.14. The van der Waals surface area contributed by atoms with Crippen molar-refractivity contribution in [3.8, 4) is 0 Å². The zero-order valence-electron chi connectivity index (χ0n) is 4.84. The minimum absolute atomic E-state index is 0.136. The van der Waals surface area contributed by atoms with E-state index in [1.165, 1.54) is 6.20 Å². The van der Waals surface area contributed by atoms with E-state index < -0.39 is 0 Å². The fourth-order valence-corrected chi connectivity index (χ4v) is 1.33. The number of carbonyl (C=O) groups excluding carboxylic acids is 1. The van der Waals surface area contributed by atoms with Crippen LogP contribution in [0.4, 0.5) is 0 Å². The minimum Gasteiger partial charge on any atom is -0.280 e. The van der Waals surface area contributed by atoms with Crippen LogP contribution >= 0.6 is 34.2 Å². The molecule has 0 aliphatic heterocycles. The van der Waals surface area contributed by atoms with Gasteiger partial charge in [0.25, 0.3) is 0 Å². The topological polar surface area (TPSA) is 30.0 Å². The van der Waals surface area contributed by atoms with E-state index in [9.17, 15) is 4.79 Å². The summed E-state index contributed by atoms with van der Waals surface area (Å²) in [4.78, 5) is 14.5. The Hall–Kier alpha value is -0.160. The predicted octanol–water partition coefficient (Wildman–Crippen LogP) is 2.31. The Morgan fingerprint density at radius 2 is 2.40 bits per heavy atom. The number of carbonyl (C=O) groups is 1. The van der Waals surface area contributed by atoms with Gasteiger partial charge in [-0.15, -0.1) is 0 Å². The standard InChI is InChI=1S/C6H3ClINO/c7-4-2-1-3-9-5(4)6(8)10/h1-3H. The number of halogens is 2. The van der Waals surface area contributed by atoms with Gasteiger partial charge in [0.2, 0.25) is 3.79 Å². The van der Waals surface area contributed by atoms with E-state index >= 15 is 0 Å². The van der Waals surface area contributed by atoms with Gasteiger partial charge >= 0.3 is 0 Å². The predicted molar refractivity (Wildman–Crippen MR) is 47.6 cm³/mol. The van der Waals surface area contributed by atoms with Crippen LogP contribution in [0.25, 0.3) is 0 Å². The second-order valence-electron chi connectivity index (χ2n) is 1.61. The van der Waals surface area contributed by atoms with Crippen LogP contribution < -0.4 is 0 Å². The molecule has 1 rings (SSSR count). The Morgan fingerprint density at radius 1 is 1.70 bits per heavy atom. The molecule has 1 heterocycles. The molecule has 0 spiro atoms. The summed E-state index contributed by atoms with van der Waals surface area (Å²) in [5, 5.41) is 0.405. The van der Waals surface area contributed by atoms with E-state index in [0.717, 1.165) is 0 Å². The van der Waals surface area contributed by atoms with Crippen molar-refractivity contribution in [2.75, 3.05) is 0 Å². The molecule has 0 atom stereocenters. The molecule has 0 aliphatic carbocycles. The van der Waals surface area contributed by atoms with Crippen LogP contribution in [0.1, 0.15) is 10.5 Å². The quantitative estimate of drug-likeness (QED) is 0.577. The van der Waals surface area contributed by atoms with Crippen molar-refractivity contribution < 1.29 is 4.79 Å². The molecule has 1 aromatic rings.